The molecule has 3 atom stereocenters. The molecule has 0 aliphatic rings. The van der Waals surface area contributed by atoms with Gasteiger partial charge in [0.2, 0.25) is 0 Å². The Morgan fingerprint density at radius 1 is 1.58 bits per heavy atom. The Balaban J connectivity index is 4.42. The number of nitrogens with one attached hydrogen (secondary N) is 1. The highest BCUT2D eigenvalue weighted by Gasteiger charge is 2.43. The molecular formula is C5H9F3NO2P. The van der Waals surface area contributed by atoms with Crippen LogP contribution in [0.4, 0.5) is 13.2 Å². The summed E-state index contributed by atoms with van der Waals surface area (Å²) >= 11 is 0. The lowest BCUT2D eigenvalue weighted by Crippen LogP contribution is -2.43. The van der Waals surface area contributed by atoms with Crippen LogP contribution in [0.15, 0.2) is 0 Å². The standard InChI is InChI=1S/C5H9F3NO2P/c1-2(5(6,7)8)3(9-12)4(10)11/h2-3,9H,12H2,1H3,(H,10,11). The van der Waals surface area contributed by atoms with E-state index in [1.54, 1.807) is 9.39 Å². The van der Waals surface area contributed by atoms with Gasteiger partial charge in [-0.15, -0.1) is 0 Å². The molecule has 7 heteroatoms. The summed E-state index contributed by atoms with van der Waals surface area (Å²) in [6.07, 6.45) is -4.49. The van der Waals surface area contributed by atoms with Gasteiger partial charge in [0.1, 0.15) is 6.04 Å². The number of rotatable bonds is 3. The van der Waals surface area contributed by atoms with Crippen molar-refractivity contribution in [3.63, 3.8) is 0 Å². The van der Waals surface area contributed by atoms with Gasteiger partial charge >= 0.3 is 12.1 Å². The van der Waals surface area contributed by atoms with Crippen LogP contribution in [0, 0.1) is 5.92 Å². The molecule has 72 valence electrons. The van der Waals surface area contributed by atoms with E-state index in [1.807, 2.05) is 5.09 Å². The van der Waals surface area contributed by atoms with Crippen LogP contribution < -0.4 is 5.09 Å². The minimum absolute atomic E-state index is 0.815. The maximum Gasteiger partial charge on any atom is 0.393 e. The van der Waals surface area contributed by atoms with E-state index in [0.717, 1.165) is 6.92 Å². The smallest absolute Gasteiger partial charge is 0.393 e. The second-order valence-corrected chi connectivity index (χ2v) is 2.65. The van der Waals surface area contributed by atoms with Gasteiger partial charge in [-0.1, -0.05) is 16.3 Å². The van der Waals surface area contributed by atoms with E-state index in [1.165, 1.54) is 0 Å². The molecule has 0 spiro atoms. The summed E-state index contributed by atoms with van der Waals surface area (Å²) in [6, 6.07) is -1.62. The van der Waals surface area contributed by atoms with E-state index >= 15 is 0 Å². The fourth-order valence-corrected chi connectivity index (χ4v) is 1.05. The SMILES string of the molecule is CC(C(NP)C(=O)O)C(F)(F)F. The van der Waals surface area contributed by atoms with Crippen molar-refractivity contribution in [1.82, 2.24) is 5.09 Å². The zero-order chi connectivity index (χ0) is 9.94. The molecule has 2 N–H and O–H groups in total. The molecule has 0 saturated heterocycles. The van der Waals surface area contributed by atoms with Crippen molar-refractivity contribution in [3.8, 4) is 0 Å². The highest BCUT2D eigenvalue weighted by Crippen LogP contribution is 2.28. The minimum atomic E-state index is -4.49. The normalized spacial score (nSPS) is 17.1. The summed E-state index contributed by atoms with van der Waals surface area (Å²) in [5.74, 6) is -3.43. The topological polar surface area (TPSA) is 49.3 Å². The number of carbonyl (C=O) groups is 1. The molecule has 0 aliphatic heterocycles. The molecule has 0 fully saturated rings. The molecule has 3 unspecified atom stereocenters. The first-order valence-electron chi connectivity index (χ1n) is 3.06. The third kappa shape index (κ3) is 2.95. The Morgan fingerprint density at radius 3 is 2.08 bits per heavy atom. The molecule has 0 saturated carbocycles. The van der Waals surface area contributed by atoms with Crippen LogP contribution in [-0.2, 0) is 4.79 Å². The molecule has 0 bridgehead atoms. The number of aliphatic carboxylic acids is 1. The van der Waals surface area contributed by atoms with E-state index in [-0.39, 0.29) is 0 Å². The highest BCUT2D eigenvalue weighted by molar-refractivity contribution is 7.13. The molecule has 0 aromatic rings. The largest absolute Gasteiger partial charge is 0.480 e. The Bertz CT molecular complexity index is 173. The molecule has 0 aromatic carbocycles. The Kier molecular flexibility index (Phi) is 3.93. The molecular weight excluding hydrogens is 194 g/mol. The van der Waals surface area contributed by atoms with Crippen molar-refractivity contribution < 1.29 is 23.1 Å². The van der Waals surface area contributed by atoms with Crippen molar-refractivity contribution in [3.05, 3.63) is 0 Å². The number of carboxylic acids is 1. The molecule has 0 heterocycles. The summed E-state index contributed by atoms with van der Waals surface area (Å²) in [5.41, 5.74) is 0. The second-order valence-electron chi connectivity index (χ2n) is 2.31. The lowest BCUT2D eigenvalue weighted by atomic mass is 10.0. The average Bonchev–Trinajstić information content (AvgIpc) is 1.86. The van der Waals surface area contributed by atoms with Crippen LogP contribution in [0.3, 0.4) is 0 Å². The fourth-order valence-electron chi connectivity index (χ4n) is 0.618. The van der Waals surface area contributed by atoms with Crippen molar-refractivity contribution in [2.24, 2.45) is 5.92 Å². The van der Waals surface area contributed by atoms with Gasteiger partial charge in [-0.05, 0) is 0 Å². The van der Waals surface area contributed by atoms with Crippen LogP contribution in [0.5, 0.6) is 0 Å². The number of halogens is 3. The molecule has 12 heavy (non-hydrogen) atoms. The zero-order valence-corrected chi connectivity index (χ0v) is 7.38. The molecule has 3 nitrogen and oxygen atoms in total. The van der Waals surface area contributed by atoms with Gasteiger partial charge in [0.25, 0.3) is 0 Å². The number of carboxylic acid groups (broad SMARTS) is 1. The van der Waals surface area contributed by atoms with E-state index in [2.05, 4.69) is 0 Å². The van der Waals surface area contributed by atoms with Crippen molar-refractivity contribution >= 4 is 15.4 Å². The van der Waals surface area contributed by atoms with Gasteiger partial charge in [0.05, 0.1) is 5.92 Å². The molecule has 0 rings (SSSR count). The van der Waals surface area contributed by atoms with E-state index in [0.29, 0.717) is 0 Å². The summed E-state index contributed by atoms with van der Waals surface area (Å²) in [4.78, 5) is 10.2. The Morgan fingerprint density at radius 2 is 2.00 bits per heavy atom. The van der Waals surface area contributed by atoms with Crippen LogP contribution in [0.2, 0.25) is 0 Å². The minimum Gasteiger partial charge on any atom is -0.480 e. The van der Waals surface area contributed by atoms with Crippen molar-refractivity contribution in [1.29, 1.82) is 0 Å². The second kappa shape index (κ2) is 4.05. The van der Waals surface area contributed by atoms with Gasteiger partial charge in [0, 0.05) is 0 Å². The predicted molar refractivity (Wildman–Crippen MR) is 39.5 cm³/mol. The Labute approximate surface area is 69.6 Å². The summed E-state index contributed by atoms with van der Waals surface area (Å²) in [7, 11) is 1.76. The molecule has 0 aromatic heterocycles. The van der Waals surface area contributed by atoms with Gasteiger partial charge < -0.3 is 5.11 Å². The van der Waals surface area contributed by atoms with Gasteiger partial charge in [0.15, 0.2) is 0 Å². The maximum atomic E-state index is 11.9. The summed E-state index contributed by atoms with van der Waals surface area (Å²) < 4.78 is 35.8. The fraction of sp³-hybridized carbons (Fsp3) is 0.800. The average molecular weight is 203 g/mol. The predicted octanol–water partition coefficient (Wildman–Crippen LogP) is 1.02. The van der Waals surface area contributed by atoms with E-state index in [4.69, 9.17) is 5.11 Å². The number of hydrogen-bond donors (Lipinski definition) is 2. The number of hydrogen-bond acceptors (Lipinski definition) is 2. The van der Waals surface area contributed by atoms with Crippen molar-refractivity contribution in [2.45, 2.75) is 19.1 Å². The number of alkyl halides is 3. The van der Waals surface area contributed by atoms with Crippen LogP contribution >= 0.6 is 9.39 Å². The Hall–Kier alpha value is -0.350. The third-order valence-electron chi connectivity index (χ3n) is 1.46. The first kappa shape index (κ1) is 11.6. The first-order chi connectivity index (χ1) is 5.30. The molecule has 0 amide bonds. The third-order valence-corrected chi connectivity index (χ3v) is 1.82. The van der Waals surface area contributed by atoms with Gasteiger partial charge in [-0.25, -0.2) is 0 Å². The summed E-state index contributed by atoms with van der Waals surface area (Å²) in [6.45, 7) is 0.815. The summed E-state index contributed by atoms with van der Waals surface area (Å²) in [5, 5.41) is 10.3. The molecule has 0 aliphatic carbocycles. The van der Waals surface area contributed by atoms with E-state index < -0.39 is 24.1 Å². The quantitative estimate of drug-likeness (QED) is 0.673. The first-order valence-corrected chi connectivity index (χ1v) is 3.64. The van der Waals surface area contributed by atoms with Crippen LogP contribution in [0.1, 0.15) is 6.92 Å². The lowest BCUT2D eigenvalue weighted by Gasteiger charge is -2.21. The monoisotopic (exact) mass is 203 g/mol. The van der Waals surface area contributed by atoms with Crippen LogP contribution in [0.25, 0.3) is 0 Å². The highest BCUT2D eigenvalue weighted by atomic mass is 31.0. The molecule has 0 radical (unpaired) electrons. The zero-order valence-electron chi connectivity index (χ0n) is 6.22. The lowest BCUT2D eigenvalue weighted by molar-refractivity contribution is -0.183. The van der Waals surface area contributed by atoms with Gasteiger partial charge in [-0.3, -0.25) is 9.88 Å². The van der Waals surface area contributed by atoms with E-state index in [9.17, 15) is 18.0 Å². The van der Waals surface area contributed by atoms with Crippen LogP contribution in [-0.4, -0.2) is 23.3 Å². The van der Waals surface area contributed by atoms with Crippen molar-refractivity contribution in [2.75, 3.05) is 0 Å². The van der Waals surface area contributed by atoms with Gasteiger partial charge in [-0.2, -0.15) is 13.2 Å². The maximum absolute atomic E-state index is 11.9.